The maximum atomic E-state index is 11.2. The first-order valence-corrected chi connectivity index (χ1v) is 3.92. The van der Waals surface area contributed by atoms with Gasteiger partial charge < -0.3 is 10.0 Å². The molecule has 0 aliphatic rings. The van der Waals surface area contributed by atoms with Crippen LogP contribution in [0.2, 0.25) is 0 Å². The minimum atomic E-state index is -1.02. The van der Waals surface area contributed by atoms with Crippen LogP contribution in [-0.4, -0.2) is 35.0 Å². The van der Waals surface area contributed by atoms with Gasteiger partial charge in [0.2, 0.25) is 5.91 Å². The molecule has 0 aliphatic carbocycles. The Morgan fingerprint density at radius 2 is 2.15 bits per heavy atom. The highest BCUT2D eigenvalue weighted by Gasteiger charge is 2.20. The SMILES string of the molecule is C#CCCC(=O)N(C)C(C)C(=O)O. The fourth-order valence-corrected chi connectivity index (χ4v) is 0.737. The van der Waals surface area contributed by atoms with Crippen molar-refractivity contribution < 1.29 is 14.7 Å². The Morgan fingerprint density at radius 3 is 2.54 bits per heavy atom. The minimum absolute atomic E-state index is 0.199. The van der Waals surface area contributed by atoms with Crippen molar-refractivity contribution >= 4 is 11.9 Å². The minimum Gasteiger partial charge on any atom is -0.480 e. The van der Waals surface area contributed by atoms with Crippen molar-refractivity contribution in [1.82, 2.24) is 4.90 Å². The summed E-state index contributed by atoms with van der Waals surface area (Å²) >= 11 is 0. The van der Waals surface area contributed by atoms with Crippen molar-refractivity contribution in [3.8, 4) is 12.3 Å². The Morgan fingerprint density at radius 1 is 1.62 bits per heavy atom. The molecule has 1 unspecified atom stereocenters. The number of hydrogen-bond acceptors (Lipinski definition) is 2. The third-order valence-electron chi connectivity index (χ3n) is 1.81. The fourth-order valence-electron chi connectivity index (χ4n) is 0.737. The van der Waals surface area contributed by atoms with Gasteiger partial charge in [-0.2, -0.15) is 0 Å². The van der Waals surface area contributed by atoms with Gasteiger partial charge in [-0.15, -0.1) is 12.3 Å². The zero-order valence-electron chi connectivity index (χ0n) is 7.78. The van der Waals surface area contributed by atoms with E-state index in [-0.39, 0.29) is 12.3 Å². The molecule has 4 heteroatoms. The van der Waals surface area contributed by atoms with Crippen LogP contribution in [-0.2, 0) is 9.59 Å². The molecular formula is C9H13NO3. The number of carboxylic acids is 1. The van der Waals surface area contributed by atoms with Gasteiger partial charge in [0, 0.05) is 19.9 Å². The molecule has 4 nitrogen and oxygen atoms in total. The normalized spacial score (nSPS) is 11.5. The molecule has 1 N–H and O–H groups in total. The molecule has 0 rings (SSSR count). The van der Waals surface area contributed by atoms with Crippen LogP contribution >= 0.6 is 0 Å². The third kappa shape index (κ3) is 3.61. The van der Waals surface area contributed by atoms with Crippen LogP contribution in [0.25, 0.3) is 0 Å². The second-order valence-electron chi connectivity index (χ2n) is 2.72. The molecule has 0 bridgehead atoms. The van der Waals surface area contributed by atoms with Gasteiger partial charge in [-0.05, 0) is 6.92 Å². The number of amides is 1. The van der Waals surface area contributed by atoms with Crippen LogP contribution in [0.4, 0.5) is 0 Å². The molecule has 0 heterocycles. The zero-order valence-corrected chi connectivity index (χ0v) is 7.78. The average Bonchev–Trinajstić information content (AvgIpc) is 2.11. The summed E-state index contributed by atoms with van der Waals surface area (Å²) in [6, 6.07) is -0.801. The molecule has 1 amide bonds. The second kappa shape index (κ2) is 5.20. The van der Waals surface area contributed by atoms with Crippen LogP contribution < -0.4 is 0 Å². The van der Waals surface area contributed by atoms with E-state index in [0.717, 1.165) is 0 Å². The molecule has 0 radical (unpaired) electrons. The van der Waals surface area contributed by atoms with Crippen LogP contribution in [0.15, 0.2) is 0 Å². The second-order valence-corrected chi connectivity index (χ2v) is 2.72. The van der Waals surface area contributed by atoms with Crippen LogP contribution in [0.1, 0.15) is 19.8 Å². The van der Waals surface area contributed by atoms with Gasteiger partial charge in [-0.1, -0.05) is 0 Å². The van der Waals surface area contributed by atoms with Crippen molar-refractivity contribution in [3.63, 3.8) is 0 Å². The van der Waals surface area contributed by atoms with Crippen molar-refractivity contribution in [2.24, 2.45) is 0 Å². The lowest BCUT2D eigenvalue weighted by molar-refractivity contribution is -0.148. The van der Waals surface area contributed by atoms with Gasteiger partial charge in [0.15, 0.2) is 0 Å². The van der Waals surface area contributed by atoms with Crippen LogP contribution in [0, 0.1) is 12.3 Å². The summed E-state index contributed by atoms with van der Waals surface area (Å²) in [6.07, 6.45) is 5.52. The van der Waals surface area contributed by atoms with Crippen molar-refractivity contribution in [2.45, 2.75) is 25.8 Å². The smallest absolute Gasteiger partial charge is 0.326 e. The molecule has 0 aromatic carbocycles. The quantitative estimate of drug-likeness (QED) is 0.639. The molecule has 0 aromatic heterocycles. The monoisotopic (exact) mass is 183 g/mol. The Bertz CT molecular complexity index is 242. The molecular weight excluding hydrogens is 170 g/mol. The fraction of sp³-hybridized carbons (Fsp3) is 0.556. The molecule has 0 saturated heterocycles. The lowest BCUT2D eigenvalue weighted by atomic mass is 10.2. The summed E-state index contributed by atoms with van der Waals surface area (Å²) in [4.78, 5) is 22.9. The van der Waals surface area contributed by atoms with Crippen molar-refractivity contribution in [3.05, 3.63) is 0 Å². The maximum absolute atomic E-state index is 11.2. The summed E-state index contributed by atoms with van der Waals surface area (Å²) in [7, 11) is 1.46. The number of likely N-dealkylation sites (N-methyl/N-ethyl adjacent to an activating group) is 1. The molecule has 0 aliphatic heterocycles. The topological polar surface area (TPSA) is 57.6 Å². The number of hydrogen-bond donors (Lipinski definition) is 1. The molecule has 0 saturated carbocycles. The number of aliphatic carboxylic acids is 1. The molecule has 0 fully saturated rings. The van der Waals surface area contributed by atoms with Crippen LogP contribution in [0.3, 0.4) is 0 Å². The highest BCUT2D eigenvalue weighted by atomic mass is 16.4. The number of nitrogens with zero attached hydrogens (tertiary/aromatic N) is 1. The van der Waals surface area contributed by atoms with Gasteiger partial charge >= 0.3 is 5.97 Å². The number of carbonyl (C=O) groups is 2. The summed E-state index contributed by atoms with van der Waals surface area (Å²) in [5.74, 6) is 1.07. The highest BCUT2D eigenvalue weighted by molar-refractivity contribution is 5.83. The van der Waals surface area contributed by atoms with E-state index in [1.165, 1.54) is 18.9 Å². The molecule has 72 valence electrons. The van der Waals surface area contributed by atoms with E-state index in [1.54, 1.807) is 0 Å². The third-order valence-corrected chi connectivity index (χ3v) is 1.81. The predicted octanol–water partition coefficient (Wildman–Crippen LogP) is 0.331. The highest BCUT2D eigenvalue weighted by Crippen LogP contribution is 2.00. The van der Waals surface area contributed by atoms with E-state index in [0.29, 0.717) is 6.42 Å². The summed E-state index contributed by atoms with van der Waals surface area (Å²) in [5, 5.41) is 8.59. The first-order valence-electron chi connectivity index (χ1n) is 3.92. The lowest BCUT2D eigenvalue weighted by Crippen LogP contribution is -2.40. The van der Waals surface area contributed by atoms with Gasteiger partial charge in [0.25, 0.3) is 0 Å². The van der Waals surface area contributed by atoms with Crippen molar-refractivity contribution in [1.29, 1.82) is 0 Å². The van der Waals surface area contributed by atoms with E-state index in [4.69, 9.17) is 11.5 Å². The number of carbonyl (C=O) groups excluding carboxylic acids is 1. The average molecular weight is 183 g/mol. The van der Waals surface area contributed by atoms with Crippen molar-refractivity contribution in [2.75, 3.05) is 7.05 Å². The Labute approximate surface area is 77.5 Å². The van der Waals surface area contributed by atoms with Crippen LogP contribution in [0.5, 0.6) is 0 Å². The number of rotatable bonds is 4. The zero-order chi connectivity index (χ0) is 10.4. The van der Waals surface area contributed by atoms with Gasteiger partial charge in [-0.3, -0.25) is 4.79 Å². The number of carboxylic acid groups (broad SMARTS) is 1. The molecule has 1 atom stereocenters. The van der Waals surface area contributed by atoms with E-state index < -0.39 is 12.0 Å². The standard InChI is InChI=1S/C9H13NO3/c1-4-5-6-8(11)10(3)7(2)9(12)13/h1,7H,5-6H2,2-3H3,(H,12,13). The Hall–Kier alpha value is -1.50. The lowest BCUT2D eigenvalue weighted by Gasteiger charge is -2.20. The van der Waals surface area contributed by atoms with E-state index in [9.17, 15) is 9.59 Å². The summed E-state index contributed by atoms with van der Waals surface area (Å²) in [5.41, 5.74) is 0. The van der Waals surface area contributed by atoms with E-state index in [1.807, 2.05) is 0 Å². The molecule has 0 aromatic rings. The van der Waals surface area contributed by atoms with Gasteiger partial charge in [-0.25, -0.2) is 4.79 Å². The Kier molecular flexibility index (Phi) is 4.60. The summed E-state index contributed by atoms with van der Waals surface area (Å²) in [6.45, 7) is 1.45. The molecule has 13 heavy (non-hydrogen) atoms. The Balaban J connectivity index is 4.11. The maximum Gasteiger partial charge on any atom is 0.326 e. The first-order chi connectivity index (χ1) is 6.00. The van der Waals surface area contributed by atoms with E-state index >= 15 is 0 Å². The molecule has 0 spiro atoms. The number of terminal acetylenes is 1. The van der Waals surface area contributed by atoms with Gasteiger partial charge in [0.05, 0.1) is 0 Å². The van der Waals surface area contributed by atoms with E-state index in [2.05, 4.69) is 5.92 Å². The predicted molar refractivity (Wildman–Crippen MR) is 47.9 cm³/mol. The largest absolute Gasteiger partial charge is 0.480 e. The summed E-state index contributed by atoms with van der Waals surface area (Å²) < 4.78 is 0. The van der Waals surface area contributed by atoms with Gasteiger partial charge in [0.1, 0.15) is 6.04 Å². The first kappa shape index (κ1) is 11.5.